The maximum atomic E-state index is 6.00. The molecule has 0 amide bonds. The van der Waals surface area contributed by atoms with E-state index in [2.05, 4.69) is 50.9 Å². The molecule has 0 aliphatic carbocycles. The summed E-state index contributed by atoms with van der Waals surface area (Å²) in [6.07, 6.45) is 2.27. The Hall–Kier alpha value is -2.89. The van der Waals surface area contributed by atoms with E-state index in [1.54, 1.807) is 7.11 Å². The van der Waals surface area contributed by atoms with Crippen molar-refractivity contribution in [2.24, 2.45) is 10.9 Å². The van der Waals surface area contributed by atoms with Gasteiger partial charge in [0.05, 0.1) is 13.7 Å². The molecule has 0 radical (unpaired) electrons. The van der Waals surface area contributed by atoms with Crippen molar-refractivity contribution in [2.45, 2.75) is 18.9 Å². The number of ether oxygens (including phenoxy) is 2. The predicted molar refractivity (Wildman–Crippen MR) is 117 cm³/mol. The van der Waals surface area contributed by atoms with Crippen LogP contribution in [0.25, 0.3) is 0 Å². The van der Waals surface area contributed by atoms with Crippen molar-refractivity contribution in [3.8, 4) is 11.5 Å². The molecule has 1 saturated heterocycles. The maximum absolute atomic E-state index is 6.00. The van der Waals surface area contributed by atoms with Crippen LogP contribution in [-0.2, 0) is 6.42 Å². The van der Waals surface area contributed by atoms with Crippen molar-refractivity contribution in [3.05, 3.63) is 54.1 Å². The second-order valence-corrected chi connectivity index (χ2v) is 7.69. The number of para-hydroxylation sites is 1. The Morgan fingerprint density at radius 2 is 2.03 bits per heavy atom. The Morgan fingerprint density at radius 1 is 1.17 bits per heavy atom. The van der Waals surface area contributed by atoms with Crippen molar-refractivity contribution in [2.75, 3.05) is 45.2 Å². The summed E-state index contributed by atoms with van der Waals surface area (Å²) in [7, 11) is 3.53. The molecule has 0 aromatic heterocycles. The number of rotatable bonds is 6. The van der Waals surface area contributed by atoms with Gasteiger partial charge >= 0.3 is 0 Å². The van der Waals surface area contributed by atoms with Gasteiger partial charge in [-0.15, -0.1) is 0 Å². The van der Waals surface area contributed by atoms with Gasteiger partial charge in [-0.2, -0.15) is 0 Å². The van der Waals surface area contributed by atoms with Crippen LogP contribution in [-0.4, -0.2) is 52.4 Å². The topological polar surface area (TPSA) is 58.1 Å². The van der Waals surface area contributed by atoms with Crippen molar-refractivity contribution in [3.63, 3.8) is 0 Å². The normalized spacial score (nSPS) is 20.9. The Morgan fingerprint density at radius 3 is 2.86 bits per heavy atom. The number of nitrogens with one attached hydrogen (secondary N) is 2. The highest BCUT2D eigenvalue weighted by molar-refractivity contribution is 5.79. The van der Waals surface area contributed by atoms with Crippen LogP contribution < -0.4 is 25.0 Å². The highest BCUT2D eigenvalue weighted by atomic mass is 16.5. The fraction of sp³-hybridized carbons (Fsp3) is 0.435. The number of anilines is 1. The van der Waals surface area contributed by atoms with Crippen LogP contribution in [0.5, 0.6) is 11.5 Å². The van der Waals surface area contributed by atoms with E-state index < -0.39 is 0 Å². The molecule has 2 N–H and O–H groups in total. The van der Waals surface area contributed by atoms with Gasteiger partial charge in [0, 0.05) is 44.9 Å². The van der Waals surface area contributed by atoms with E-state index in [-0.39, 0.29) is 6.10 Å². The van der Waals surface area contributed by atoms with E-state index in [9.17, 15) is 0 Å². The summed E-state index contributed by atoms with van der Waals surface area (Å²) in [6.45, 7) is 3.76. The Kier molecular flexibility index (Phi) is 6.08. The van der Waals surface area contributed by atoms with Crippen molar-refractivity contribution >= 4 is 11.6 Å². The van der Waals surface area contributed by atoms with Gasteiger partial charge in [0.25, 0.3) is 0 Å². The Balaban J connectivity index is 1.21. The van der Waals surface area contributed by atoms with Crippen LogP contribution in [0.4, 0.5) is 5.69 Å². The molecule has 2 aromatic carbocycles. The smallest absolute Gasteiger partial charge is 0.191 e. The molecule has 2 unspecified atom stereocenters. The van der Waals surface area contributed by atoms with Crippen molar-refractivity contribution in [1.82, 2.24) is 10.6 Å². The molecule has 0 spiro atoms. The Labute approximate surface area is 172 Å². The largest absolute Gasteiger partial charge is 0.497 e. The zero-order valence-corrected chi connectivity index (χ0v) is 17.2. The zero-order valence-electron chi connectivity index (χ0n) is 17.2. The highest BCUT2D eigenvalue weighted by Crippen LogP contribution is 2.28. The first-order chi connectivity index (χ1) is 14.2. The fourth-order valence-corrected chi connectivity index (χ4v) is 4.08. The molecule has 1 fully saturated rings. The summed E-state index contributed by atoms with van der Waals surface area (Å²) in [6, 6.07) is 16.6. The van der Waals surface area contributed by atoms with Crippen molar-refractivity contribution in [1.29, 1.82) is 0 Å². The lowest BCUT2D eigenvalue weighted by Crippen LogP contribution is -2.44. The quantitative estimate of drug-likeness (QED) is 0.583. The number of aliphatic imine (C=N–C) groups is 1. The number of benzene rings is 2. The third-order valence-electron chi connectivity index (χ3n) is 5.70. The van der Waals surface area contributed by atoms with E-state index in [1.807, 2.05) is 25.2 Å². The summed E-state index contributed by atoms with van der Waals surface area (Å²) in [4.78, 5) is 6.79. The predicted octanol–water partition coefficient (Wildman–Crippen LogP) is 2.69. The minimum atomic E-state index is 0.154. The molecular formula is C23H30N4O2. The summed E-state index contributed by atoms with van der Waals surface area (Å²) in [5, 5.41) is 6.89. The number of guanidine groups is 1. The number of fused-ring (bicyclic) bond motifs is 1. The molecule has 0 saturated carbocycles. The molecular weight excluding hydrogens is 364 g/mol. The molecule has 2 aliphatic rings. The number of hydrogen-bond donors (Lipinski definition) is 2. The summed E-state index contributed by atoms with van der Waals surface area (Å²) >= 11 is 0. The molecule has 4 rings (SSSR count). The van der Waals surface area contributed by atoms with Crippen LogP contribution >= 0.6 is 0 Å². The number of nitrogens with zero attached hydrogens (tertiary/aromatic N) is 2. The first-order valence-corrected chi connectivity index (χ1v) is 10.3. The lowest BCUT2D eigenvalue weighted by Gasteiger charge is -2.20. The first-order valence-electron chi connectivity index (χ1n) is 10.3. The lowest BCUT2D eigenvalue weighted by molar-refractivity contribution is 0.235. The third-order valence-corrected chi connectivity index (χ3v) is 5.70. The average Bonchev–Trinajstić information content (AvgIpc) is 3.40. The van der Waals surface area contributed by atoms with Gasteiger partial charge in [0.15, 0.2) is 5.96 Å². The standard InChI is InChI=1S/C23H30N4O2/c1-24-23(26-15-21-12-18-6-3-4-9-22(18)29-21)25-14-17-10-11-27(16-17)19-7-5-8-20(13-19)28-2/h3-9,13,17,21H,10-12,14-16H2,1-2H3,(H2,24,25,26). The van der Waals surface area contributed by atoms with Gasteiger partial charge < -0.3 is 25.0 Å². The average molecular weight is 395 g/mol. The number of hydrogen-bond acceptors (Lipinski definition) is 4. The molecule has 0 bridgehead atoms. The maximum Gasteiger partial charge on any atom is 0.191 e. The fourth-order valence-electron chi connectivity index (χ4n) is 4.08. The summed E-state index contributed by atoms with van der Waals surface area (Å²) in [5.41, 5.74) is 2.51. The van der Waals surface area contributed by atoms with Gasteiger partial charge in [-0.25, -0.2) is 0 Å². The molecule has 2 atom stereocenters. The molecule has 2 aliphatic heterocycles. The van der Waals surface area contributed by atoms with E-state index in [1.165, 1.54) is 17.7 Å². The van der Waals surface area contributed by atoms with E-state index >= 15 is 0 Å². The second kappa shape index (κ2) is 9.07. The highest BCUT2D eigenvalue weighted by Gasteiger charge is 2.24. The Bertz CT molecular complexity index is 829. The van der Waals surface area contributed by atoms with Gasteiger partial charge in [-0.05, 0) is 36.1 Å². The zero-order chi connectivity index (χ0) is 20.1. The van der Waals surface area contributed by atoms with Crippen LogP contribution in [0.1, 0.15) is 12.0 Å². The van der Waals surface area contributed by atoms with Crippen LogP contribution in [0.15, 0.2) is 53.5 Å². The lowest BCUT2D eigenvalue weighted by atomic mass is 10.1. The van der Waals surface area contributed by atoms with Gasteiger partial charge in [0.2, 0.25) is 0 Å². The number of methoxy groups -OCH3 is 1. The molecule has 6 heteroatoms. The molecule has 2 heterocycles. The molecule has 2 aromatic rings. The minimum absolute atomic E-state index is 0.154. The molecule has 29 heavy (non-hydrogen) atoms. The van der Waals surface area contributed by atoms with E-state index in [4.69, 9.17) is 9.47 Å². The minimum Gasteiger partial charge on any atom is -0.497 e. The van der Waals surface area contributed by atoms with E-state index in [0.717, 1.165) is 50.1 Å². The first kappa shape index (κ1) is 19.4. The third kappa shape index (κ3) is 4.75. The van der Waals surface area contributed by atoms with Gasteiger partial charge in [-0.3, -0.25) is 4.99 Å². The van der Waals surface area contributed by atoms with E-state index in [0.29, 0.717) is 5.92 Å². The van der Waals surface area contributed by atoms with Gasteiger partial charge in [-0.1, -0.05) is 24.3 Å². The molecule has 6 nitrogen and oxygen atoms in total. The summed E-state index contributed by atoms with van der Waals surface area (Å²) in [5.74, 6) is 3.34. The SMILES string of the molecule is CN=C(NCC1CCN(c2cccc(OC)c2)C1)NCC1Cc2ccccc2O1. The van der Waals surface area contributed by atoms with Crippen LogP contribution in [0.3, 0.4) is 0 Å². The second-order valence-electron chi connectivity index (χ2n) is 7.69. The molecule has 154 valence electrons. The summed E-state index contributed by atoms with van der Waals surface area (Å²) < 4.78 is 11.4. The van der Waals surface area contributed by atoms with Crippen LogP contribution in [0, 0.1) is 5.92 Å². The monoisotopic (exact) mass is 394 g/mol. The van der Waals surface area contributed by atoms with Gasteiger partial charge in [0.1, 0.15) is 17.6 Å². The van der Waals surface area contributed by atoms with Crippen molar-refractivity contribution < 1.29 is 9.47 Å². The van der Waals surface area contributed by atoms with Crippen LogP contribution in [0.2, 0.25) is 0 Å².